The van der Waals surface area contributed by atoms with Crippen molar-refractivity contribution in [3.63, 3.8) is 0 Å². The highest BCUT2D eigenvalue weighted by atomic mass is 16.6. The van der Waals surface area contributed by atoms with E-state index in [1.165, 1.54) is 55.2 Å². The van der Waals surface area contributed by atoms with Gasteiger partial charge in [0.25, 0.3) is 0 Å². The van der Waals surface area contributed by atoms with Crippen LogP contribution >= 0.6 is 0 Å². The summed E-state index contributed by atoms with van der Waals surface area (Å²) in [5.74, 6) is 0. The zero-order valence-electron chi connectivity index (χ0n) is 13.7. The van der Waals surface area contributed by atoms with Crippen LogP contribution in [0.1, 0.15) is 62.1 Å². The molecule has 3 atom stereocenters. The van der Waals surface area contributed by atoms with Gasteiger partial charge in [-0.3, -0.25) is 0 Å². The topological polar surface area (TPSA) is 21.8 Å². The summed E-state index contributed by atoms with van der Waals surface area (Å²) in [5.41, 5.74) is 4.06. The Hall–Kier alpha value is -0.860. The van der Waals surface area contributed by atoms with Gasteiger partial charge in [-0.05, 0) is 49.8 Å². The maximum absolute atomic E-state index is 6.25. The third-order valence-corrected chi connectivity index (χ3v) is 5.28. The third kappa shape index (κ3) is 3.02. The molecule has 1 saturated heterocycles. The van der Waals surface area contributed by atoms with Crippen LogP contribution in [0.25, 0.3) is 0 Å². The molecule has 0 aromatic heterocycles. The number of aryl methyl sites for hydroxylation is 2. The summed E-state index contributed by atoms with van der Waals surface area (Å²) in [7, 11) is 0. The fourth-order valence-electron chi connectivity index (χ4n) is 3.71. The number of fused-ring (bicyclic) bond motifs is 1. The van der Waals surface area contributed by atoms with E-state index >= 15 is 0 Å². The Morgan fingerprint density at radius 3 is 2.76 bits per heavy atom. The van der Waals surface area contributed by atoms with Crippen molar-refractivity contribution in [1.82, 2.24) is 0 Å². The summed E-state index contributed by atoms with van der Waals surface area (Å²) in [4.78, 5) is 0. The normalized spacial score (nSPS) is 30.4. The van der Waals surface area contributed by atoms with Crippen LogP contribution in [-0.4, -0.2) is 17.8 Å². The van der Waals surface area contributed by atoms with Crippen LogP contribution in [0.5, 0.6) is 0 Å². The Labute approximate surface area is 128 Å². The van der Waals surface area contributed by atoms with Crippen molar-refractivity contribution >= 4 is 0 Å². The van der Waals surface area contributed by atoms with E-state index in [1.54, 1.807) is 0 Å². The lowest BCUT2D eigenvalue weighted by atomic mass is 9.96. The van der Waals surface area contributed by atoms with Crippen LogP contribution in [-0.2, 0) is 16.1 Å². The lowest BCUT2D eigenvalue weighted by Crippen LogP contribution is -2.30. The van der Waals surface area contributed by atoms with Gasteiger partial charge in [-0.2, -0.15) is 0 Å². The van der Waals surface area contributed by atoms with E-state index in [2.05, 4.69) is 39.0 Å². The number of hydrogen-bond donors (Lipinski definition) is 0. The highest BCUT2D eigenvalue weighted by Crippen LogP contribution is 2.54. The lowest BCUT2D eigenvalue weighted by Gasteiger charge is -2.21. The first kappa shape index (κ1) is 15.1. The van der Waals surface area contributed by atoms with Crippen molar-refractivity contribution in [2.75, 3.05) is 0 Å². The van der Waals surface area contributed by atoms with Gasteiger partial charge in [0.05, 0.1) is 18.8 Å². The number of rotatable bonds is 7. The molecule has 0 amide bonds. The van der Waals surface area contributed by atoms with Gasteiger partial charge in [-0.1, -0.05) is 44.4 Å². The van der Waals surface area contributed by atoms with Crippen LogP contribution in [0.2, 0.25) is 0 Å². The Kier molecular flexibility index (Phi) is 4.37. The van der Waals surface area contributed by atoms with E-state index in [4.69, 9.17) is 9.47 Å². The second kappa shape index (κ2) is 6.10. The molecule has 1 aromatic rings. The number of ether oxygens (including phenoxy) is 2. The Balaban J connectivity index is 1.56. The second-order valence-corrected chi connectivity index (χ2v) is 6.81. The second-order valence-electron chi connectivity index (χ2n) is 6.81. The van der Waals surface area contributed by atoms with Crippen molar-refractivity contribution in [2.45, 2.75) is 83.7 Å². The molecule has 116 valence electrons. The van der Waals surface area contributed by atoms with Crippen molar-refractivity contribution in [3.05, 3.63) is 34.9 Å². The highest BCUT2D eigenvalue weighted by Gasteiger charge is 2.65. The van der Waals surface area contributed by atoms with E-state index in [0.717, 1.165) is 6.61 Å². The lowest BCUT2D eigenvalue weighted by molar-refractivity contribution is -0.0214. The molecule has 21 heavy (non-hydrogen) atoms. The van der Waals surface area contributed by atoms with E-state index in [1.807, 2.05) is 0 Å². The molecule has 2 fully saturated rings. The standard InChI is InChI=1S/C19H28O2/c1-4-5-6-11-19-17(9-10-18(19)21-19)20-13-16-8-7-14(2)15(3)12-16/h7-8,12,17-18H,4-6,9-11,13H2,1-3H3. The smallest absolute Gasteiger partial charge is 0.121 e. The summed E-state index contributed by atoms with van der Waals surface area (Å²) >= 11 is 0. The minimum atomic E-state index is 0.0783. The van der Waals surface area contributed by atoms with Gasteiger partial charge in [-0.15, -0.1) is 0 Å². The molecule has 1 aromatic carbocycles. The van der Waals surface area contributed by atoms with Gasteiger partial charge in [0.1, 0.15) is 5.60 Å². The van der Waals surface area contributed by atoms with Crippen LogP contribution in [0.3, 0.4) is 0 Å². The molecule has 0 spiro atoms. The Morgan fingerprint density at radius 2 is 2.05 bits per heavy atom. The van der Waals surface area contributed by atoms with E-state index in [9.17, 15) is 0 Å². The molecule has 3 unspecified atom stereocenters. The van der Waals surface area contributed by atoms with Crippen LogP contribution in [0.15, 0.2) is 18.2 Å². The molecule has 2 heteroatoms. The largest absolute Gasteiger partial charge is 0.370 e. The van der Waals surface area contributed by atoms with Crippen molar-refractivity contribution < 1.29 is 9.47 Å². The highest BCUT2D eigenvalue weighted by molar-refractivity contribution is 5.29. The molecule has 1 aliphatic heterocycles. The van der Waals surface area contributed by atoms with Gasteiger partial charge in [-0.25, -0.2) is 0 Å². The summed E-state index contributed by atoms with van der Waals surface area (Å²) in [5, 5.41) is 0. The zero-order valence-corrected chi connectivity index (χ0v) is 13.7. The molecule has 1 heterocycles. The fourth-order valence-corrected chi connectivity index (χ4v) is 3.71. The maximum atomic E-state index is 6.25. The number of epoxide rings is 1. The first-order valence-electron chi connectivity index (χ1n) is 8.51. The fraction of sp³-hybridized carbons (Fsp3) is 0.684. The summed E-state index contributed by atoms with van der Waals surface area (Å²) in [6.07, 6.45) is 8.18. The van der Waals surface area contributed by atoms with Crippen molar-refractivity contribution in [2.24, 2.45) is 0 Å². The summed E-state index contributed by atoms with van der Waals surface area (Å²) in [6.45, 7) is 7.30. The van der Waals surface area contributed by atoms with Crippen LogP contribution in [0.4, 0.5) is 0 Å². The van der Waals surface area contributed by atoms with E-state index in [-0.39, 0.29) is 5.60 Å². The number of unbranched alkanes of at least 4 members (excludes halogenated alkanes) is 2. The molecule has 2 aliphatic rings. The van der Waals surface area contributed by atoms with E-state index in [0.29, 0.717) is 12.2 Å². The monoisotopic (exact) mass is 288 g/mol. The Morgan fingerprint density at radius 1 is 1.19 bits per heavy atom. The molecular weight excluding hydrogens is 260 g/mol. The average Bonchev–Trinajstić information content (AvgIpc) is 3.08. The van der Waals surface area contributed by atoms with Crippen LogP contribution < -0.4 is 0 Å². The van der Waals surface area contributed by atoms with Gasteiger partial charge in [0.15, 0.2) is 0 Å². The molecule has 0 radical (unpaired) electrons. The first-order chi connectivity index (χ1) is 10.2. The summed E-state index contributed by atoms with van der Waals surface area (Å²) in [6, 6.07) is 6.63. The third-order valence-electron chi connectivity index (χ3n) is 5.28. The quantitative estimate of drug-likeness (QED) is 0.536. The van der Waals surface area contributed by atoms with Crippen molar-refractivity contribution in [3.8, 4) is 0 Å². The van der Waals surface area contributed by atoms with Gasteiger partial charge >= 0.3 is 0 Å². The predicted octanol–water partition coefficient (Wildman–Crippen LogP) is 4.70. The molecule has 3 rings (SSSR count). The van der Waals surface area contributed by atoms with Crippen LogP contribution in [0, 0.1) is 13.8 Å². The summed E-state index contributed by atoms with van der Waals surface area (Å²) < 4.78 is 12.3. The number of hydrogen-bond acceptors (Lipinski definition) is 2. The molecular formula is C19H28O2. The number of benzene rings is 1. The molecule has 2 nitrogen and oxygen atoms in total. The Bertz CT molecular complexity index is 496. The zero-order chi connectivity index (χ0) is 14.9. The first-order valence-corrected chi connectivity index (χ1v) is 8.51. The van der Waals surface area contributed by atoms with Gasteiger partial charge in [0.2, 0.25) is 0 Å². The molecule has 1 saturated carbocycles. The SMILES string of the molecule is CCCCCC12OC1CCC2OCc1ccc(C)c(C)c1. The molecule has 1 aliphatic carbocycles. The minimum Gasteiger partial charge on any atom is -0.370 e. The maximum Gasteiger partial charge on any atom is 0.121 e. The minimum absolute atomic E-state index is 0.0783. The average molecular weight is 288 g/mol. The molecule has 0 N–H and O–H groups in total. The molecule has 0 bridgehead atoms. The predicted molar refractivity (Wildman–Crippen MR) is 85.5 cm³/mol. The van der Waals surface area contributed by atoms with E-state index < -0.39 is 0 Å². The van der Waals surface area contributed by atoms with Gasteiger partial charge < -0.3 is 9.47 Å². The van der Waals surface area contributed by atoms with Gasteiger partial charge in [0, 0.05) is 0 Å². The van der Waals surface area contributed by atoms with Crippen molar-refractivity contribution in [1.29, 1.82) is 0 Å².